The van der Waals surface area contributed by atoms with E-state index in [0.29, 0.717) is 0 Å². The van der Waals surface area contributed by atoms with E-state index in [1.807, 2.05) is 6.07 Å². The minimum Gasteiger partial charge on any atom is -0.481 e. The van der Waals surface area contributed by atoms with Crippen LogP contribution in [0.3, 0.4) is 0 Å². The van der Waals surface area contributed by atoms with Gasteiger partial charge in [-0.15, -0.1) is 0 Å². The van der Waals surface area contributed by atoms with Gasteiger partial charge >= 0.3 is 5.97 Å². The Hall–Kier alpha value is -2.90. The van der Waals surface area contributed by atoms with Gasteiger partial charge in [-0.05, 0) is 30.7 Å². The van der Waals surface area contributed by atoms with Gasteiger partial charge in [-0.2, -0.15) is 0 Å². The van der Waals surface area contributed by atoms with E-state index in [0.717, 1.165) is 31.2 Å². The van der Waals surface area contributed by atoms with E-state index in [9.17, 15) is 24.3 Å². The molecule has 4 N–H and O–H groups in total. The van der Waals surface area contributed by atoms with Gasteiger partial charge in [-0.3, -0.25) is 30.0 Å². The van der Waals surface area contributed by atoms with Crippen molar-refractivity contribution in [1.82, 2.24) is 16.2 Å². The minimum atomic E-state index is -1.08. The van der Waals surface area contributed by atoms with Crippen molar-refractivity contribution in [3.63, 3.8) is 0 Å². The number of hydrogen-bond donors (Lipinski definition) is 4. The zero-order valence-electron chi connectivity index (χ0n) is 15.9. The molecule has 0 bridgehead atoms. The predicted molar refractivity (Wildman–Crippen MR) is 102 cm³/mol. The summed E-state index contributed by atoms with van der Waals surface area (Å²) in [6.07, 6.45) is 3.63. The second kappa shape index (κ2) is 10.4. The Morgan fingerprint density at radius 2 is 1.71 bits per heavy atom. The maximum atomic E-state index is 12.4. The first-order valence-corrected chi connectivity index (χ1v) is 9.49. The van der Waals surface area contributed by atoms with Gasteiger partial charge < -0.3 is 10.4 Å². The van der Waals surface area contributed by atoms with Crippen molar-refractivity contribution < 1.29 is 24.3 Å². The van der Waals surface area contributed by atoms with Gasteiger partial charge in [0.1, 0.15) is 6.04 Å². The zero-order chi connectivity index (χ0) is 20.5. The molecule has 0 unspecified atom stereocenters. The van der Waals surface area contributed by atoms with Crippen LogP contribution in [0.4, 0.5) is 0 Å². The van der Waals surface area contributed by atoms with Crippen molar-refractivity contribution in [3.05, 3.63) is 35.9 Å². The lowest BCUT2D eigenvalue weighted by atomic mass is 9.96. The second-order valence-corrected chi connectivity index (χ2v) is 7.19. The van der Waals surface area contributed by atoms with Crippen LogP contribution in [0.15, 0.2) is 30.3 Å². The van der Waals surface area contributed by atoms with Crippen molar-refractivity contribution in [2.75, 3.05) is 0 Å². The maximum Gasteiger partial charge on any atom is 0.307 e. The number of carbonyl (C=O) groups is 4. The fourth-order valence-corrected chi connectivity index (χ4v) is 3.54. The van der Waals surface area contributed by atoms with Gasteiger partial charge in [0.25, 0.3) is 5.91 Å². The number of amides is 3. The summed E-state index contributed by atoms with van der Waals surface area (Å²) in [6.45, 7) is 1.34. The molecule has 1 aromatic rings. The molecule has 3 amide bonds. The van der Waals surface area contributed by atoms with Gasteiger partial charge in [-0.25, -0.2) is 0 Å². The molecular formula is C20H27N3O5. The highest BCUT2D eigenvalue weighted by molar-refractivity contribution is 5.89. The molecule has 1 aliphatic carbocycles. The van der Waals surface area contributed by atoms with Crippen molar-refractivity contribution >= 4 is 23.7 Å². The summed E-state index contributed by atoms with van der Waals surface area (Å²) in [5.41, 5.74) is 5.42. The Balaban J connectivity index is 1.88. The second-order valence-electron chi connectivity index (χ2n) is 7.19. The zero-order valence-corrected chi connectivity index (χ0v) is 15.9. The summed E-state index contributed by atoms with van der Waals surface area (Å²) < 4.78 is 0. The molecule has 28 heavy (non-hydrogen) atoms. The number of aliphatic carboxylic acids is 1. The molecule has 1 fully saturated rings. The summed E-state index contributed by atoms with van der Waals surface area (Å²) in [4.78, 5) is 47.4. The third-order valence-electron chi connectivity index (χ3n) is 4.94. The smallest absolute Gasteiger partial charge is 0.307 e. The Bertz CT molecular complexity index is 701. The summed E-state index contributed by atoms with van der Waals surface area (Å²) in [5.74, 6) is -3.35. The van der Waals surface area contributed by atoms with Crippen LogP contribution >= 0.6 is 0 Å². The number of rotatable bonds is 8. The Morgan fingerprint density at radius 1 is 1.07 bits per heavy atom. The Morgan fingerprint density at radius 3 is 2.29 bits per heavy atom. The number of benzene rings is 1. The first-order chi connectivity index (χ1) is 13.4. The number of nitrogens with one attached hydrogen (secondary N) is 3. The fraction of sp³-hybridized carbons (Fsp3) is 0.500. The van der Waals surface area contributed by atoms with Crippen LogP contribution in [0.25, 0.3) is 0 Å². The molecule has 152 valence electrons. The monoisotopic (exact) mass is 389 g/mol. The molecule has 0 aliphatic heterocycles. The molecule has 8 heteroatoms. The Kier molecular flexibility index (Phi) is 7.98. The van der Waals surface area contributed by atoms with Crippen LogP contribution in [-0.4, -0.2) is 34.8 Å². The third kappa shape index (κ3) is 6.68. The lowest BCUT2D eigenvalue weighted by Crippen LogP contribution is -2.54. The van der Waals surface area contributed by atoms with E-state index < -0.39 is 29.7 Å². The average molecular weight is 389 g/mol. The molecule has 2 rings (SSSR count). The average Bonchev–Trinajstić information content (AvgIpc) is 3.18. The first-order valence-electron chi connectivity index (χ1n) is 9.49. The van der Waals surface area contributed by atoms with Crippen LogP contribution in [0, 0.1) is 11.8 Å². The standard InChI is InChI=1S/C20H27N3O5/c1-13(24)21-18(15-9-5-6-10-15)19(26)23-22-17(25)12-16(20(27)28)11-14-7-3-2-4-8-14/h2-4,7-8,15-16,18H,5-6,9-12H2,1H3,(H,21,24)(H,22,25)(H,23,26)(H,27,28)/t16-,18+/m1/s1. The fourth-order valence-electron chi connectivity index (χ4n) is 3.54. The number of hydrogen-bond acceptors (Lipinski definition) is 4. The number of hydrazine groups is 1. The van der Waals surface area contributed by atoms with Crippen LogP contribution in [0.1, 0.15) is 44.6 Å². The molecule has 0 saturated heterocycles. The normalized spacial score (nSPS) is 16.0. The van der Waals surface area contributed by atoms with Crippen LogP contribution in [0.5, 0.6) is 0 Å². The molecule has 8 nitrogen and oxygen atoms in total. The van der Waals surface area contributed by atoms with Crippen LogP contribution < -0.4 is 16.2 Å². The molecule has 1 saturated carbocycles. The lowest BCUT2D eigenvalue weighted by molar-refractivity contribution is -0.144. The summed E-state index contributed by atoms with van der Waals surface area (Å²) in [7, 11) is 0. The van der Waals surface area contributed by atoms with Gasteiger partial charge in [0.05, 0.1) is 5.92 Å². The largest absolute Gasteiger partial charge is 0.481 e. The summed E-state index contributed by atoms with van der Waals surface area (Å²) >= 11 is 0. The molecule has 0 radical (unpaired) electrons. The van der Waals surface area contributed by atoms with Crippen molar-refractivity contribution in [2.24, 2.45) is 11.8 Å². The van der Waals surface area contributed by atoms with E-state index in [4.69, 9.17) is 0 Å². The maximum absolute atomic E-state index is 12.4. The minimum absolute atomic E-state index is 0.0330. The quantitative estimate of drug-likeness (QED) is 0.497. The molecular weight excluding hydrogens is 362 g/mol. The van der Waals surface area contributed by atoms with E-state index in [1.165, 1.54) is 6.92 Å². The van der Waals surface area contributed by atoms with E-state index in [1.54, 1.807) is 24.3 Å². The summed E-state index contributed by atoms with van der Waals surface area (Å²) in [5, 5.41) is 12.0. The topological polar surface area (TPSA) is 125 Å². The highest BCUT2D eigenvalue weighted by Crippen LogP contribution is 2.27. The number of carboxylic acids is 1. The van der Waals surface area contributed by atoms with Crippen molar-refractivity contribution in [2.45, 2.75) is 51.5 Å². The lowest BCUT2D eigenvalue weighted by Gasteiger charge is -2.23. The van der Waals surface area contributed by atoms with E-state index in [2.05, 4.69) is 16.2 Å². The van der Waals surface area contributed by atoms with Crippen molar-refractivity contribution in [3.8, 4) is 0 Å². The van der Waals surface area contributed by atoms with E-state index >= 15 is 0 Å². The molecule has 2 atom stereocenters. The summed E-state index contributed by atoms with van der Waals surface area (Å²) in [6, 6.07) is 8.33. The Labute approximate surface area is 164 Å². The number of carbonyl (C=O) groups excluding carboxylic acids is 3. The molecule has 1 aliphatic rings. The molecule has 0 heterocycles. The van der Waals surface area contributed by atoms with Gasteiger partial charge in [0.15, 0.2) is 0 Å². The van der Waals surface area contributed by atoms with Crippen LogP contribution in [0.2, 0.25) is 0 Å². The van der Waals surface area contributed by atoms with Crippen LogP contribution in [-0.2, 0) is 25.6 Å². The highest BCUT2D eigenvalue weighted by atomic mass is 16.4. The van der Waals surface area contributed by atoms with Crippen molar-refractivity contribution in [1.29, 1.82) is 0 Å². The van der Waals surface area contributed by atoms with Gasteiger partial charge in [0.2, 0.25) is 11.8 Å². The highest BCUT2D eigenvalue weighted by Gasteiger charge is 2.31. The van der Waals surface area contributed by atoms with Gasteiger partial charge in [-0.1, -0.05) is 43.2 Å². The molecule has 0 aromatic heterocycles. The SMILES string of the molecule is CC(=O)N[C@H](C(=O)NNC(=O)C[C@@H](Cc1ccccc1)C(=O)O)C1CCCC1. The predicted octanol–water partition coefficient (Wildman–Crippen LogP) is 1.16. The van der Waals surface area contributed by atoms with E-state index in [-0.39, 0.29) is 24.7 Å². The molecule has 0 spiro atoms. The molecule has 1 aromatic carbocycles. The first kappa shape index (κ1) is 21.4. The number of carboxylic acid groups (broad SMARTS) is 1. The van der Waals surface area contributed by atoms with Gasteiger partial charge in [0, 0.05) is 13.3 Å². The third-order valence-corrected chi connectivity index (χ3v) is 4.94.